The van der Waals surface area contributed by atoms with Gasteiger partial charge in [-0.2, -0.15) is 0 Å². The third-order valence-electron chi connectivity index (χ3n) is 2.95. The number of methoxy groups -OCH3 is 2. The van der Waals surface area contributed by atoms with Crippen LogP contribution in [0.25, 0.3) is 0 Å². The highest BCUT2D eigenvalue weighted by Gasteiger charge is 2.16. The average Bonchev–Trinajstić information content (AvgIpc) is 2.48. The Kier molecular flexibility index (Phi) is 6.88. The molecule has 1 N–H and O–H groups in total. The van der Waals surface area contributed by atoms with Crippen LogP contribution in [0.3, 0.4) is 0 Å². The summed E-state index contributed by atoms with van der Waals surface area (Å²) in [6, 6.07) is 5.05. The molecule has 1 rings (SSSR count). The third kappa shape index (κ3) is 6.59. The molecule has 0 aromatic heterocycles. The number of carbonyl (C=O) groups is 2. The smallest absolute Gasteiger partial charge is 0.407 e. The molecule has 128 valence electrons. The molecule has 0 saturated carbocycles. The first-order valence-electron chi connectivity index (χ1n) is 7.49. The van der Waals surface area contributed by atoms with Crippen molar-refractivity contribution in [2.75, 3.05) is 20.8 Å². The van der Waals surface area contributed by atoms with E-state index in [9.17, 15) is 9.59 Å². The van der Waals surface area contributed by atoms with E-state index < -0.39 is 11.7 Å². The summed E-state index contributed by atoms with van der Waals surface area (Å²) in [5, 5.41) is 2.63. The fraction of sp³-hybridized carbons (Fsp3) is 0.529. The van der Waals surface area contributed by atoms with Crippen LogP contribution in [-0.2, 0) is 4.74 Å². The molecule has 6 nitrogen and oxygen atoms in total. The van der Waals surface area contributed by atoms with Gasteiger partial charge in [0.05, 0.1) is 14.2 Å². The summed E-state index contributed by atoms with van der Waals surface area (Å²) >= 11 is 0. The molecule has 0 aliphatic carbocycles. The molecule has 0 heterocycles. The van der Waals surface area contributed by atoms with Crippen molar-refractivity contribution in [3.63, 3.8) is 0 Å². The number of nitrogens with one attached hydrogen (secondary N) is 1. The number of amides is 1. The molecule has 0 saturated heterocycles. The number of hydrogen-bond donors (Lipinski definition) is 1. The standard InChI is InChI=1S/C17H25NO5/c1-17(2,3)23-16(20)18-10-6-7-13(19)12-8-9-14(21-4)15(11-12)22-5/h8-9,11H,6-7,10H2,1-5H3,(H,18,20). The van der Waals surface area contributed by atoms with Crippen LogP contribution in [0.4, 0.5) is 4.79 Å². The van der Waals surface area contributed by atoms with Gasteiger partial charge in [0.1, 0.15) is 5.60 Å². The van der Waals surface area contributed by atoms with E-state index in [0.717, 1.165) is 0 Å². The molecule has 0 spiro atoms. The lowest BCUT2D eigenvalue weighted by atomic mass is 10.1. The van der Waals surface area contributed by atoms with Gasteiger partial charge in [-0.3, -0.25) is 4.79 Å². The van der Waals surface area contributed by atoms with Crippen LogP contribution in [0.5, 0.6) is 11.5 Å². The number of ether oxygens (including phenoxy) is 3. The summed E-state index contributed by atoms with van der Waals surface area (Å²) in [6.45, 7) is 5.78. The molecular formula is C17H25NO5. The largest absolute Gasteiger partial charge is 0.493 e. The predicted octanol–water partition coefficient (Wildman–Crippen LogP) is 3.19. The quantitative estimate of drug-likeness (QED) is 0.616. The summed E-state index contributed by atoms with van der Waals surface area (Å²) in [7, 11) is 3.07. The molecule has 0 unspecified atom stereocenters. The van der Waals surface area contributed by atoms with Crippen LogP contribution in [-0.4, -0.2) is 38.2 Å². The Morgan fingerprint density at radius 3 is 2.30 bits per heavy atom. The van der Waals surface area contributed by atoms with Crippen molar-refractivity contribution < 1.29 is 23.8 Å². The second-order valence-corrected chi connectivity index (χ2v) is 6.03. The van der Waals surface area contributed by atoms with Crippen molar-refractivity contribution >= 4 is 11.9 Å². The third-order valence-corrected chi connectivity index (χ3v) is 2.95. The molecule has 0 aliphatic rings. The van der Waals surface area contributed by atoms with Gasteiger partial charge >= 0.3 is 6.09 Å². The zero-order chi connectivity index (χ0) is 17.5. The summed E-state index contributed by atoms with van der Waals surface area (Å²) < 4.78 is 15.4. The van der Waals surface area contributed by atoms with E-state index in [-0.39, 0.29) is 5.78 Å². The second-order valence-electron chi connectivity index (χ2n) is 6.03. The van der Waals surface area contributed by atoms with E-state index in [1.54, 1.807) is 46.1 Å². The molecule has 1 aromatic rings. The van der Waals surface area contributed by atoms with Gasteiger partial charge in [-0.25, -0.2) is 4.79 Å². The zero-order valence-corrected chi connectivity index (χ0v) is 14.4. The first kappa shape index (κ1) is 18.8. The normalized spacial score (nSPS) is 10.8. The summed E-state index contributed by atoms with van der Waals surface area (Å²) in [6.07, 6.45) is 0.383. The molecule has 23 heavy (non-hydrogen) atoms. The number of Topliss-reactive ketones (excluding diaryl/α,β-unsaturated/α-hetero) is 1. The first-order valence-corrected chi connectivity index (χ1v) is 7.49. The molecule has 6 heteroatoms. The predicted molar refractivity (Wildman–Crippen MR) is 87.3 cm³/mol. The Balaban J connectivity index is 2.44. The Bertz CT molecular complexity index is 548. The molecule has 0 fully saturated rings. The van der Waals surface area contributed by atoms with Gasteiger partial charge in [0.2, 0.25) is 0 Å². The first-order chi connectivity index (χ1) is 10.8. The number of alkyl carbamates (subject to hydrolysis) is 1. The van der Waals surface area contributed by atoms with Crippen LogP contribution in [0.1, 0.15) is 44.0 Å². The van der Waals surface area contributed by atoms with Crippen LogP contribution in [0, 0.1) is 0 Å². The van der Waals surface area contributed by atoms with Gasteiger partial charge in [0.15, 0.2) is 17.3 Å². The van der Waals surface area contributed by atoms with Gasteiger partial charge in [-0.1, -0.05) is 0 Å². The van der Waals surface area contributed by atoms with Crippen LogP contribution in [0.2, 0.25) is 0 Å². The zero-order valence-electron chi connectivity index (χ0n) is 14.4. The lowest BCUT2D eigenvalue weighted by molar-refractivity contribution is 0.0525. The molecule has 0 radical (unpaired) electrons. The number of benzene rings is 1. The molecule has 0 atom stereocenters. The number of rotatable bonds is 7. The molecule has 1 aromatic carbocycles. The minimum Gasteiger partial charge on any atom is -0.493 e. The maximum Gasteiger partial charge on any atom is 0.407 e. The summed E-state index contributed by atoms with van der Waals surface area (Å²) in [5.74, 6) is 1.08. The second kappa shape index (κ2) is 8.41. The molecular weight excluding hydrogens is 298 g/mol. The average molecular weight is 323 g/mol. The Labute approximate surface area is 137 Å². The SMILES string of the molecule is COc1ccc(C(=O)CCCNC(=O)OC(C)(C)C)cc1OC. The van der Waals surface area contributed by atoms with E-state index in [1.165, 1.54) is 7.11 Å². The van der Waals surface area contributed by atoms with Crippen LogP contribution < -0.4 is 14.8 Å². The minimum atomic E-state index is -0.528. The van der Waals surface area contributed by atoms with Crippen molar-refractivity contribution in [3.05, 3.63) is 23.8 Å². The minimum absolute atomic E-state index is 0.0167. The Morgan fingerprint density at radius 2 is 1.74 bits per heavy atom. The van der Waals surface area contributed by atoms with Crippen molar-refractivity contribution in [1.29, 1.82) is 0 Å². The molecule has 1 amide bonds. The van der Waals surface area contributed by atoms with Gasteiger partial charge in [0, 0.05) is 18.5 Å². The summed E-state index contributed by atoms with van der Waals surface area (Å²) in [4.78, 5) is 23.6. The highest BCUT2D eigenvalue weighted by atomic mass is 16.6. The van der Waals surface area contributed by atoms with E-state index >= 15 is 0 Å². The van der Waals surface area contributed by atoms with Crippen molar-refractivity contribution in [2.45, 2.75) is 39.2 Å². The number of hydrogen-bond acceptors (Lipinski definition) is 5. The van der Waals surface area contributed by atoms with E-state index in [0.29, 0.717) is 36.4 Å². The fourth-order valence-corrected chi connectivity index (χ4v) is 1.91. The fourth-order valence-electron chi connectivity index (χ4n) is 1.91. The van der Waals surface area contributed by atoms with E-state index in [4.69, 9.17) is 14.2 Å². The number of ketones is 1. The van der Waals surface area contributed by atoms with Crippen molar-refractivity contribution in [3.8, 4) is 11.5 Å². The highest BCUT2D eigenvalue weighted by Crippen LogP contribution is 2.28. The van der Waals surface area contributed by atoms with Crippen LogP contribution >= 0.6 is 0 Å². The van der Waals surface area contributed by atoms with E-state index in [2.05, 4.69) is 5.32 Å². The molecule has 0 bridgehead atoms. The lowest BCUT2D eigenvalue weighted by Gasteiger charge is -2.19. The van der Waals surface area contributed by atoms with Gasteiger partial charge in [0.25, 0.3) is 0 Å². The topological polar surface area (TPSA) is 73.9 Å². The monoisotopic (exact) mass is 323 g/mol. The Hall–Kier alpha value is -2.24. The lowest BCUT2D eigenvalue weighted by Crippen LogP contribution is -2.33. The maximum atomic E-state index is 12.1. The van der Waals surface area contributed by atoms with E-state index in [1.807, 2.05) is 0 Å². The van der Waals surface area contributed by atoms with Gasteiger partial charge < -0.3 is 19.5 Å². The van der Waals surface area contributed by atoms with Crippen LogP contribution in [0.15, 0.2) is 18.2 Å². The Morgan fingerprint density at radius 1 is 1.09 bits per heavy atom. The maximum absolute atomic E-state index is 12.1. The summed E-state index contributed by atoms with van der Waals surface area (Å²) in [5.41, 5.74) is 0.0273. The highest BCUT2D eigenvalue weighted by molar-refractivity contribution is 5.96. The van der Waals surface area contributed by atoms with Crippen molar-refractivity contribution in [1.82, 2.24) is 5.32 Å². The number of carbonyl (C=O) groups excluding carboxylic acids is 2. The van der Waals surface area contributed by atoms with Gasteiger partial charge in [-0.05, 0) is 45.4 Å². The van der Waals surface area contributed by atoms with Crippen molar-refractivity contribution in [2.24, 2.45) is 0 Å². The van der Waals surface area contributed by atoms with Gasteiger partial charge in [-0.15, -0.1) is 0 Å². The molecule has 0 aliphatic heterocycles.